The molecule has 0 radical (unpaired) electrons. The molecule has 1 heterocycles. The first kappa shape index (κ1) is 10.5. The molecule has 1 atom stereocenters. The Hall–Kier alpha value is -0.570. The third-order valence-electron chi connectivity index (χ3n) is 2.35. The zero-order valence-corrected chi connectivity index (χ0v) is 9.45. The molecule has 1 unspecified atom stereocenters. The number of nitrogens with zero attached hydrogens (tertiary/aromatic N) is 1. The normalized spacial score (nSPS) is 13.2. The summed E-state index contributed by atoms with van der Waals surface area (Å²) in [4.78, 5) is 0. The summed E-state index contributed by atoms with van der Waals surface area (Å²) in [5.74, 6) is 0. The molecule has 0 bridgehead atoms. The van der Waals surface area contributed by atoms with Crippen LogP contribution in [0.2, 0.25) is 0 Å². The van der Waals surface area contributed by atoms with Gasteiger partial charge in [0, 0.05) is 11.7 Å². The molecular weight excluding hydrogens is 180 g/mol. The average Bonchev–Trinajstić information content (AvgIpc) is 2.46. The van der Waals surface area contributed by atoms with E-state index in [1.54, 1.807) is 0 Å². The van der Waals surface area contributed by atoms with Crippen LogP contribution in [0, 0.1) is 4.64 Å². The largest absolute Gasteiger partial charge is 0.301 e. The summed E-state index contributed by atoms with van der Waals surface area (Å²) in [5.41, 5.74) is 1.26. The maximum absolute atomic E-state index is 5.26. The van der Waals surface area contributed by atoms with Crippen molar-refractivity contribution in [2.45, 2.75) is 46.1 Å². The van der Waals surface area contributed by atoms with Gasteiger partial charge in [-0.05, 0) is 25.8 Å². The number of hydrogen-bond donors (Lipinski definition) is 1. The van der Waals surface area contributed by atoms with Crippen LogP contribution in [0.5, 0.6) is 0 Å². The topological polar surface area (TPSA) is 20.7 Å². The SMILES string of the molecule is CCCc1cc(=S)n(C(C)CC)[nH]1. The Balaban J connectivity index is 2.89. The van der Waals surface area contributed by atoms with Crippen molar-refractivity contribution >= 4 is 12.2 Å². The molecule has 1 rings (SSSR count). The van der Waals surface area contributed by atoms with Gasteiger partial charge in [-0.2, -0.15) is 0 Å². The average molecular weight is 198 g/mol. The molecular formula is C10H18N2S. The lowest BCUT2D eigenvalue weighted by atomic mass is 10.3. The number of nitrogens with one attached hydrogen (secondary N) is 1. The maximum Gasteiger partial charge on any atom is 0.122 e. The summed E-state index contributed by atoms with van der Waals surface area (Å²) in [7, 11) is 0. The summed E-state index contributed by atoms with van der Waals surface area (Å²) in [6.45, 7) is 6.53. The van der Waals surface area contributed by atoms with Gasteiger partial charge in [0.1, 0.15) is 4.64 Å². The van der Waals surface area contributed by atoms with Gasteiger partial charge in [-0.3, -0.25) is 4.68 Å². The number of hydrogen-bond acceptors (Lipinski definition) is 1. The molecule has 2 nitrogen and oxygen atoms in total. The van der Waals surface area contributed by atoms with Gasteiger partial charge in [0.25, 0.3) is 0 Å². The van der Waals surface area contributed by atoms with Gasteiger partial charge in [0.15, 0.2) is 0 Å². The Morgan fingerprint density at radius 2 is 2.23 bits per heavy atom. The number of aromatic amines is 1. The quantitative estimate of drug-likeness (QED) is 0.735. The number of H-pyrrole nitrogens is 1. The first-order valence-electron chi connectivity index (χ1n) is 4.99. The van der Waals surface area contributed by atoms with Crippen LogP contribution in [0.25, 0.3) is 0 Å². The number of aromatic nitrogens is 2. The molecule has 1 N–H and O–H groups in total. The van der Waals surface area contributed by atoms with Gasteiger partial charge in [-0.1, -0.05) is 32.5 Å². The van der Waals surface area contributed by atoms with Crippen LogP contribution in [-0.2, 0) is 6.42 Å². The summed E-state index contributed by atoms with van der Waals surface area (Å²) in [6.07, 6.45) is 3.36. The summed E-state index contributed by atoms with van der Waals surface area (Å²) < 4.78 is 3.01. The molecule has 13 heavy (non-hydrogen) atoms. The zero-order chi connectivity index (χ0) is 9.84. The van der Waals surface area contributed by atoms with Gasteiger partial charge < -0.3 is 5.10 Å². The minimum atomic E-state index is 0.484. The number of rotatable bonds is 4. The van der Waals surface area contributed by atoms with E-state index >= 15 is 0 Å². The molecule has 0 saturated heterocycles. The van der Waals surface area contributed by atoms with Crippen molar-refractivity contribution in [1.29, 1.82) is 0 Å². The van der Waals surface area contributed by atoms with Crippen molar-refractivity contribution in [3.63, 3.8) is 0 Å². The van der Waals surface area contributed by atoms with Crippen molar-refractivity contribution in [2.24, 2.45) is 0 Å². The van der Waals surface area contributed by atoms with Crippen molar-refractivity contribution in [2.75, 3.05) is 0 Å². The van der Waals surface area contributed by atoms with Crippen LogP contribution >= 0.6 is 12.2 Å². The van der Waals surface area contributed by atoms with E-state index in [0.29, 0.717) is 6.04 Å². The van der Waals surface area contributed by atoms with Gasteiger partial charge >= 0.3 is 0 Å². The first-order valence-corrected chi connectivity index (χ1v) is 5.40. The Bertz CT molecular complexity index is 311. The minimum Gasteiger partial charge on any atom is -0.301 e. The highest BCUT2D eigenvalue weighted by Crippen LogP contribution is 2.12. The van der Waals surface area contributed by atoms with Crippen LogP contribution in [0.3, 0.4) is 0 Å². The lowest BCUT2D eigenvalue weighted by Gasteiger charge is -2.09. The summed E-state index contributed by atoms with van der Waals surface area (Å²) in [6, 6.07) is 2.56. The van der Waals surface area contributed by atoms with E-state index in [4.69, 9.17) is 12.2 Å². The molecule has 0 spiro atoms. The fourth-order valence-corrected chi connectivity index (χ4v) is 1.74. The maximum atomic E-state index is 5.26. The Morgan fingerprint density at radius 3 is 2.77 bits per heavy atom. The van der Waals surface area contributed by atoms with E-state index < -0.39 is 0 Å². The van der Waals surface area contributed by atoms with E-state index in [1.165, 1.54) is 5.69 Å². The Labute approximate surface area is 85.0 Å². The van der Waals surface area contributed by atoms with E-state index in [2.05, 4.69) is 36.6 Å². The highest BCUT2D eigenvalue weighted by atomic mass is 32.1. The molecule has 1 aromatic rings. The predicted molar refractivity (Wildman–Crippen MR) is 58.6 cm³/mol. The van der Waals surface area contributed by atoms with Crippen LogP contribution in [0.4, 0.5) is 0 Å². The van der Waals surface area contributed by atoms with Gasteiger partial charge in [-0.15, -0.1) is 0 Å². The second kappa shape index (κ2) is 4.61. The zero-order valence-electron chi connectivity index (χ0n) is 8.63. The van der Waals surface area contributed by atoms with E-state index in [-0.39, 0.29) is 0 Å². The molecule has 0 aliphatic heterocycles. The second-order valence-electron chi connectivity index (χ2n) is 3.50. The third-order valence-corrected chi connectivity index (χ3v) is 2.66. The summed E-state index contributed by atoms with van der Waals surface area (Å²) >= 11 is 5.26. The summed E-state index contributed by atoms with van der Waals surface area (Å²) in [5, 5.41) is 3.35. The van der Waals surface area contributed by atoms with Crippen LogP contribution < -0.4 is 0 Å². The fraction of sp³-hybridized carbons (Fsp3) is 0.700. The van der Waals surface area contributed by atoms with Crippen molar-refractivity contribution in [3.8, 4) is 0 Å². The smallest absolute Gasteiger partial charge is 0.122 e. The molecule has 0 fully saturated rings. The molecule has 0 amide bonds. The molecule has 0 aromatic carbocycles. The van der Waals surface area contributed by atoms with Crippen molar-refractivity contribution < 1.29 is 0 Å². The number of aryl methyl sites for hydroxylation is 1. The van der Waals surface area contributed by atoms with E-state index in [9.17, 15) is 0 Å². The Kier molecular flexibility index (Phi) is 3.72. The highest BCUT2D eigenvalue weighted by Gasteiger charge is 2.04. The molecule has 0 aliphatic rings. The lowest BCUT2D eigenvalue weighted by molar-refractivity contribution is 0.468. The molecule has 74 valence electrons. The lowest BCUT2D eigenvalue weighted by Crippen LogP contribution is -2.06. The van der Waals surface area contributed by atoms with E-state index in [1.807, 2.05) is 0 Å². The first-order chi connectivity index (χ1) is 6.19. The molecule has 1 aromatic heterocycles. The third kappa shape index (κ3) is 2.44. The molecule has 0 aliphatic carbocycles. The van der Waals surface area contributed by atoms with Crippen LogP contribution in [-0.4, -0.2) is 9.78 Å². The Morgan fingerprint density at radius 1 is 1.54 bits per heavy atom. The molecule has 0 saturated carbocycles. The van der Waals surface area contributed by atoms with Crippen LogP contribution in [0.15, 0.2) is 6.07 Å². The fourth-order valence-electron chi connectivity index (χ4n) is 1.37. The van der Waals surface area contributed by atoms with Gasteiger partial charge in [0.05, 0.1) is 0 Å². The van der Waals surface area contributed by atoms with Gasteiger partial charge in [-0.25, -0.2) is 0 Å². The highest BCUT2D eigenvalue weighted by molar-refractivity contribution is 7.71. The molecule has 3 heteroatoms. The minimum absolute atomic E-state index is 0.484. The second-order valence-corrected chi connectivity index (χ2v) is 3.92. The predicted octanol–water partition coefficient (Wildman–Crippen LogP) is 3.47. The monoisotopic (exact) mass is 198 g/mol. The van der Waals surface area contributed by atoms with Crippen molar-refractivity contribution in [1.82, 2.24) is 9.78 Å². The van der Waals surface area contributed by atoms with Crippen molar-refractivity contribution in [3.05, 3.63) is 16.4 Å². The van der Waals surface area contributed by atoms with Crippen LogP contribution in [0.1, 0.15) is 45.3 Å². The van der Waals surface area contributed by atoms with E-state index in [0.717, 1.165) is 23.9 Å². The standard InChI is InChI=1S/C10H18N2S/c1-4-6-9-7-10(13)12(11-9)8(3)5-2/h7-8,11H,4-6H2,1-3H3. The van der Waals surface area contributed by atoms with Gasteiger partial charge in [0.2, 0.25) is 0 Å².